The first-order valence-corrected chi connectivity index (χ1v) is 11.0. The molecule has 2 fully saturated rings. The molecule has 0 radical (unpaired) electrons. The van der Waals surface area contributed by atoms with Crippen LogP contribution in [0.5, 0.6) is 0 Å². The number of urea groups is 1. The van der Waals surface area contributed by atoms with Crippen molar-refractivity contribution in [3.05, 3.63) is 54.4 Å². The van der Waals surface area contributed by atoms with Crippen molar-refractivity contribution in [1.29, 1.82) is 0 Å². The van der Waals surface area contributed by atoms with Crippen LogP contribution in [0.3, 0.4) is 0 Å². The number of carbonyl (C=O) groups excluding carboxylic acids is 2. The number of hydrogen-bond donors (Lipinski definition) is 2. The summed E-state index contributed by atoms with van der Waals surface area (Å²) in [5, 5.41) is 5.88. The molecule has 0 bridgehead atoms. The second kappa shape index (κ2) is 9.06. The van der Waals surface area contributed by atoms with Crippen LogP contribution < -0.4 is 10.6 Å². The summed E-state index contributed by atoms with van der Waals surface area (Å²) in [6.45, 7) is 5.43. The number of rotatable bonds is 4. The van der Waals surface area contributed by atoms with Crippen molar-refractivity contribution in [2.75, 3.05) is 23.7 Å². The summed E-state index contributed by atoms with van der Waals surface area (Å²) in [5.41, 5.74) is 2.37. The predicted octanol–water partition coefficient (Wildman–Crippen LogP) is 4.07. The molecular formula is C24H30N4O3. The normalized spacial score (nSPS) is 25.4. The number of nitrogens with zero attached hydrogens (tertiary/aromatic N) is 2. The number of anilines is 2. The highest BCUT2D eigenvalue weighted by atomic mass is 16.5. The van der Waals surface area contributed by atoms with Crippen LogP contribution in [-0.2, 0) is 16.0 Å². The quantitative estimate of drug-likeness (QED) is 0.778. The first-order chi connectivity index (χ1) is 15.0. The van der Waals surface area contributed by atoms with E-state index >= 15 is 0 Å². The summed E-state index contributed by atoms with van der Waals surface area (Å²) in [4.78, 5) is 31.2. The molecule has 2 aliphatic heterocycles. The van der Waals surface area contributed by atoms with Crippen LogP contribution in [-0.4, -0.2) is 46.6 Å². The Morgan fingerprint density at radius 1 is 1.16 bits per heavy atom. The third-order valence-electron chi connectivity index (χ3n) is 6.53. The molecule has 164 valence electrons. The van der Waals surface area contributed by atoms with E-state index in [9.17, 15) is 9.59 Å². The van der Waals surface area contributed by atoms with Gasteiger partial charge in [-0.05, 0) is 55.5 Å². The van der Waals surface area contributed by atoms with E-state index in [1.54, 1.807) is 18.5 Å². The number of pyridine rings is 1. The average molecular weight is 423 g/mol. The molecule has 0 saturated carbocycles. The van der Waals surface area contributed by atoms with Gasteiger partial charge in [-0.25, -0.2) is 4.79 Å². The molecule has 3 heterocycles. The lowest BCUT2D eigenvalue weighted by molar-refractivity contribution is -0.141. The fraction of sp³-hybridized carbons (Fsp3) is 0.458. The highest BCUT2D eigenvalue weighted by Gasteiger charge is 2.49. The number of benzene rings is 1. The van der Waals surface area contributed by atoms with Gasteiger partial charge in [0, 0.05) is 30.9 Å². The maximum Gasteiger partial charge on any atom is 0.321 e. The minimum Gasteiger partial charge on any atom is -0.362 e. The van der Waals surface area contributed by atoms with Gasteiger partial charge in [0.1, 0.15) is 6.10 Å². The van der Waals surface area contributed by atoms with Crippen molar-refractivity contribution >= 4 is 23.3 Å². The molecule has 4 rings (SSSR count). The van der Waals surface area contributed by atoms with E-state index in [2.05, 4.69) is 29.5 Å². The molecule has 1 aromatic carbocycles. The molecule has 0 unspecified atom stereocenters. The molecule has 0 aliphatic carbocycles. The summed E-state index contributed by atoms with van der Waals surface area (Å²) in [6.07, 6.45) is 6.04. The van der Waals surface area contributed by atoms with E-state index in [-0.39, 0.29) is 23.5 Å². The van der Waals surface area contributed by atoms with Crippen LogP contribution in [0.25, 0.3) is 0 Å². The Labute approximate surface area is 183 Å². The Hall–Kier alpha value is -2.93. The molecule has 3 amide bonds. The topological polar surface area (TPSA) is 83.6 Å². The maximum absolute atomic E-state index is 12.8. The molecule has 1 aromatic heterocycles. The van der Waals surface area contributed by atoms with Gasteiger partial charge in [0.05, 0.1) is 17.5 Å². The lowest BCUT2D eigenvalue weighted by Gasteiger charge is -2.44. The summed E-state index contributed by atoms with van der Waals surface area (Å²) in [6, 6.07) is 11.5. The standard InChI is InChI=1S/C24H30N4O3/c1-3-18-6-8-19(9-7-18)27-23(30)28-14-12-24(17(2)16-28)11-10-21(31-24)22(29)26-20-5-4-13-25-15-20/h4-9,13,15,17,21H,3,10-12,14,16H2,1-2H3,(H,26,29)(H,27,30)/t17-,21-,24+/m0/s1. The van der Waals surface area contributed by atoms with Crippen molar-refractivity contribution in [2.45, 2.75) is 51.2 Å². The van der Waals surface area contributed by atoms with Gasteiger partial charge in [0.15, 0.2) is 0 Å². The number of amides is 3. The minimum absolute atomic E-state index is 0.0881. The van der Waals surface area contributed by atoms with Gasteiger partial charge in [-0.15, -0.1) is 0 Å². The average Bonchev–Trinajstić information content (AvgIpc) is 3.22. The van der Waals surface area contributed by atoms with Gasteiger partial charge in [0.2, 0.25) is 0 Å². The zero-order chi connectivity index (χ0) is 21.8. The number of ether oxygens (including phenoxy) is 1. The Balaban J connectivity index is 1.32. The molecule has 2 aliphatic rings. The summed E-state index contributed by atoms with van der Waals surface area (Å²) < 4.78 is 6.32. The number of piperidine rings is 1. The highest BCUT2D eigenvalue weighted by molar-refractivity contribution is 5.94. The molecule has 1 spiro atoms. The lowest BCUT2D eigenvalue weighted by Crippen LogP contribution is -2.53. The van der Waals surface area contributed by atoms with Crippen LogP contribution in [0.1, 0.15) is 38.7 Å². The predicted molar refractivity (Wildman–Crippen MR) is 120 cm³/mol. The zero-order valence-electron chi connectivity index (χ0n) is 18.1. The first kappa shape index (κ1) is 21.3. The number of nitrogens with one attached hydrogen (secondary N) is 2. The monoisotopic (exact) mass is 422 g/mol. The third-order valence-corrected chi connectivity index (χ3v) is 6.53. The second-order valence-corrected chi connectivity index (χ2v) is 8.52. The van der Waals surface area contributed by atoms with E-state index in [1.165, 1.54) is 5.56 Å². The van der Waals surface area contributed by atoms with E-state index < -0.39 is 6.10 Å². The van der Waals surface area contributed by atoms with Gasteiger partial charge in [0.25, 0.3) is 5.91 Å². The largest absolute Gasteiger partial charge is 0.362 e. The van der Waals surface area contributed by atoms with Gasteiger partial charge < -0.3 is 20.3 Å². The smallest absolute Gasteiger partial charge is 0.321 e. The third kappa shape index (κ3) is 4.71. The maximum atomic E-state index is 12.8. The number of likely N-dealkylation sites (tertiary alicyclic amines) is 1. The fourth-order valence-electron chi connectivity index (χ4n) is 4.54. The van der Waals surface area contributed by atoms with Crippen LogP contribution in [0, 0.1) is 5.92 Å². The summed E-state index contributed by atoms with van der Waals surface area (Å²) >= 11 is 0. The van der Waals surface area contributed by atoms with Crippen LogP contribution in [0.2, 0.25) is 0 Å². The van der Waals surface area contributed by atoms with Crippen molar-refractivity contribution in [3.8, 4) is 0 Å². The number of carbonyl (C=O) groups is 2. The molecule has 2 N–H and O–H groups in total. The van der Waals surface area contributed by atoms with Gasteiger partial charge >= 0.3 is 6.03 Å². The van der Waals surface area contributed by atoms with Crippen LogP contribution in [0.4, 0.5) is 16.2 Å². The van der Waals surface area contributed by atoms with Gasteiger partial charge in [-0.3, -0.25) is 9.78 Å². The van der Waals surface area contributed by atoms with E-state index in [4.69, 9.17) is 4.74 Å². The molecule has 31 heavy (non-hydrogen) atoms. The number of aromatic nitrogens is 1. The Morgan fingerprint density at radius 2 is 1.97 bits per heavy atom. The fourth-order valence-corrected chi connectivity index (χ4v) is 4.54. The van der Waals surface area contributed by atoms with Gasteiger partial charge in [-0.2, -0.15) is 0 Å². The summed E-state index contributed by atoms with van der Waals surface area (Å²) in [7, 11) is 0. The van der Waals surface area contributed by atoms with Crippen molar-refractivity contribution in [1.82, 2.24) is 9.88 Å². The van der Waals surface area contributed by atoms with E-state index in [0.717, 1.165) is 24.9 Å². The van der Waals surface area contributed by atoms with Crippen molar-refractivity contribution in [2.24, 2.45) is 5.92 Å². The highest BCUT2D eigenvalue weighted by Crippen LogP contribution is 2.42. The Bertz CT molecular complexity index is 918. The van der Waals surface area contributed by atoms with Crippen molar-refractivity contribution < 1.29 is 14.3 Å². The summed E-state index contributed by atoms with van der Waals surface area (Å²) in [5.74, 6) is 0.0124. The number of hydrogen-bond acceptors (Lipinski definition) is 4. The molecular weight excluding hydrogens is 392 g/mol. The zero-order valence-corrected chi connectivity index (χ0v) is 18.1. The minimum atomic E-state index is -0.472. The van der Waals surface area contributed by atoms with Crippen LogP contribution in [0.15, 0.2) is 48.8 Å². The molecule has 2 saturated heterocycles. The SMILES string of the molecule is CCc1ccc(NC(=O)N2CC[C@]3(CC[C@@H](C(=O)Nc4cccnc4)O3)[C@@H](C)C2)cc1. The van der Waals surface area contributed by atoms with Crippen LogP contribution >= 0.6 is 0 Å². The van der Waals surface area contributed by atoms with Gasteiger partial charge in [-0.1, -0.05) is 26.0 Å². The van der Waals surface area contributed by atoms with E-state index in [0.29, 0.717) is 25.2 Å². The lowest BCUT2D eigenvalue weighted by atomic mass is 9.80. The Morgan fingerprint density at radius 3 is 2.65 bits per heavy atom. The second-order valence-electron chi connectivity index (χ2n) is 8.52. The molecule has 2 aromatic rings. The number of aryl methyl sites for hydroxylation is 1. The molecule has 3 atom stereocenters. The Kier molecular flexibility index (Phi) is 6.23. The van der Waals surface area contributed by atoms with E-state index in [1.807, 2.05) is 35.2 Å². The van der Waals surface area contributed by atoms with Crippen molar-refractivity contribution in [3.63, 3.8) is 0 Å². The molecule has 7 heteroatoms. The first-order valence-electron chi connectivity index (χ1n) is 11.0. The molecule has 7 nitrogen and oxygen atoms in total.